The molecule has 3 aromatic carbocycles. The number of oxime groups is 1. The van der Waals surface area contributed by atoms with E-state index < -0.39 is 5.97 Å². The van der Waals surface area contributed by atoms with Gasteiger partial charge in [-0.3, -0.25) is 4.79 Å². The van der Waals surface area contributed by atoms with Crippen molar-refractivity contribution in [1.82, 2.24) is 4.98 Å². The van der Waals surface area contributed by atoms with E-state index in [0.717, 1.165) is 27.8 Å². The molecule has 0 spiro atoms. The Labute approximate surface area is 213 Å². The second-order valence-electron chi connectivity index (χ2n) is 8.67. The Morgan fingerprint density at radius 1 is 0.944 bits per heavy atom. The summed E-state index contributed by atoms with van der Waals surface area (Å²) in [6.07, 6.45) is 0.387. The van der Waals surface area contributed by atoms with Crippen LogP contribution >= 0.6 is 11.6 Å². The Bertz CT molecular complexity index is 1490. The second-order valence-corrected chi connectivity index (χ2v) is 9.11. The van der Waals surface area contributed by atoms with E-state index in [-0.39, 0.29) is 17.0 Å². The van der Waals surface area contributed by atoms with Gasteiger partial charge in [0.15, 0.2) is 0 Å². The molecule has 3 N–H and O–H groups in total. The predicted octanol–water partition coefficient (Wildman–Crippen LogP) is 6.41. The lowest BCUT2D eigenvalue weighted by atomic mass is 9.83. The molecule has 6 nitrogen and oxygen atoms in total. The molecule has 0 saturated carbocycles. The number of hydrogen-bond donors (Lipinski definition) is 3. The number of aromatic nitrogens is 1. The van der Waals surface area contributed by atoms with Crippen LogP contribution < -0.4 is 5.56 Å². The Kier molecular flexibility index (Phi) is 7.36. The number of carboxylic acids is 1. The van der Waals surface area contributed by atoms with Crippen LogP contribution in [0.1, 0.15) is 50.6 Å². The van der Waals surface area contributed by atoms with Crippen molar-refractivity contribution in [3.63, 3.8) is 0 Å². The number of hydrogen-bond acceptors (Lipinski definition) is 4. The molecule has 182 valence electrons. The highest BCUT2D eigenvalue weighted by molar-refractivity contribution is 6.30. The van der Waals surface area contributed by atoms with Crippen molar-refractivity contribution in [2.24, 2.45) is 5.16 Å². The van der Waals surface area contributed by atoms with Crippen LogP contribution in [0.5, 0.6) is 0 Å². The Hall–Kier alpha value is -4.16. The number of aromatic amines is 1. The summed E-state index contributed by atoms with van der Waals surface area (Å²) in [4.78, 5) is 25.6. The van der Waals surface area contributed by atoms with Crippen LogP contribution in [0, 0.1) is 13.8 Å². The van der Waals surface area contributed by atoms with Gasteiger partial charge in [0.2, 0.25) is 5.56 Å². The summed E-state index contributed by atoms with van der Waals surface area (Å²) >= 11 is 6.22. The molecule has 0 amide bonds. The third-order valence-corrected chi connectivity index (χ3v) is 6.57. The molecule has 36 heavy (non-hydrogen) atoms. The maximum absolute atomic E-state index is 11.7. The van der Waals surface area contributed by atoms with E-state index in [9.17, 15) is 14.8 Å². The normalized spacial score (nSPS) is 12.4. The number of rotatable bonds is 7. The minimum Gasteiger partial charge on any atom is -0.478 e. The maximum atomic E-state index is 11.7. The van der Waals surface area contributed by atoms with E-state index >= 15 is 0 Å². The van der Waals surface area contributed by atoms with Gasteiger partial charge < -0.3 is 15.3 Å². The van der Waals surface area contributed by atoms with Gasteiger partial charge in [0.05, 0.1) is 11.3 Å². The minimum atomic E-state index is -0.961. The van der Waals surface area contributed by atoms with E-state index in [1.54, 1.807) is 37.3 Å². The van der Waals surface area contributed by atoms with Gasteiger partial charge in [-0.1, -0.05) is 59.2 Å². The van der Waals surface area contributed by atoms with E-state index in [0.29, 0.717) is 28.4 Å². The van der Waals surface area contributed by atoms with Crippen molar-refractivity contribution >= 4 is 23.3 Å². The van der Waals surface area contributed by atoms with E-state index in [1.165, 1.54) is 6.07 Å². The highest BCUT2D eigenvalue weighted by Crippen LogP contribution is 2.34. The molecular formula is C29H25ClN2O4. The number of carbonyl (C=O) groups is 1. The molecular weight excluding hydrogens is 476 g/mol. The van der Waals surface area contributed by atoms with Crippen molar-refractivity contribution in [3.05, 3.63) is 128 Å². The zero-order valence-corrected chi connectivity index (χ0v) is 20.6. The first-order chi connectivity index (χ1) is 17.3. The van der Waals surface area contributed by atoms with Gasteiger partial charge in [0.25, 0.3) is 0 Å². The van der Waals surface area contributed by atoms with Crippen LogP contribution in [-0.2, 0) is 0 Å². The largest absolute Gasteiger partial charge is 0.478 e. The van der Waals surface area contributed by atoms with Crippen molar-refractivity contribution in [2.75, 3.05) is 0 Å². The van der Waals surface area contributed by atoms with Gasteiger partial charge >= 0.3 is 5.97 Å². The number of nitrogens with zero attached hydrogens (tertiary/aromatic N) is 1. The standard InChI is InChI=1S/C29H25ClN2O4/c1-17-15-23(30)11-12-24(17)26(16-27(32-36)25-13-14-28(33)31-18(25)2)21-7-3-19(4-8-21)20-5-9-22(10-6-20)29(34)35/h3-15,26,36H,16H2,1-2H3,(H,31,33)(H,34,35)/b32-27+. The van der Waals surface area contributed by atoms with E-state index in [4.69, 9.17) is 16.7 Å². The third-order valence-electron chi connectivity index (χ3n) is 6.33. The van der Waals surface area contributed by atoms with Gasteiger partial charge in [0.1, 0.15) is 0 Å². The molecule has 1 heterocycles. The molecule has 0 saturated heterocycles. The lowest BCUT2D eigenvalue weighted by molar-refractivity contribution is 0.0697. The second kappa shape index (κ2) is 10.6. The molecule has 1 atom stereocenters. The summed E-state index contributed by atoms with van der Waals surface area (Å²) in [7, 11) is 0. The number of halogens is 1. The number of benzene rings is 3. The van der Waals surface area contributed by atoms with Crippen LogP contribution in [-0.4, -0.2) is 27.0 Å². The third kappa shape index (κ3) is 5.39. The van der Waals surface area contributed by atoms with Gasteiger partial charge in [-0.05, 0) is 72.0 Å². The Balaban J connectivity index is 1.73. The lowest BCUT2D eigenvalue weighted by Gasteiger charge is -2.22. The number of aromatic carboxylic acids is 1. The zero-order valence-electron chi connectivity index (χ0n) is 19.8. The molecule has 4 aromatic rings. The first-order valence-corrected chi connectivity index (χ1v) is 11.8. The summed E-state index contributed by atoms with van der Waals surface area (Å²) in [6, 6.07) is 23.6. The smallest absolute Gasteiger partial charge is 0.335 e. The fourth-order valence-corrected chi connectivity index (χ4v) is 4.67. The number of H-pyrrole nitrogens is 1. The molecule has 1 unspecified atom stereocenters. The van der Waals surface area contributed by atoms with E-state index in [2.05, 4.69) is 10.1 Å². The van der Waals surface area contributed by atoms with Gasteiger partial charge in [-0.15, -0.1) is 0 Å². The number of nitrogens with one attached hydrogen (secondary N) is 1. The summed E-state index contributed by atoms with van der Waals surface area (Å²) in [5.41, 5.74) is 6.70. The summed E-state index contributed by atoms with van der Waals surface area (Å²) in [5.74, 6) is -1.11. The average molecular weight is 501 g/mol. The van der Waals surface area contributed by atoms with Crippen LogP contribution in [0.15, 0.2) is 88.8 Å². The first-order valence-electron chi connectivity index (χ1n) is 11.4. The fraction of sp³-hybridized carbons (Fsp3) is 0.138. The molecule has 7 heteroatoms. The molecule has 0 bridgehead atoms. The molecule has 0 aliphatic carbocycles. The van der Waals surface area contributed by atoms with Gasteiger partial charge in [-0.25, -0.2) is 4.79 Å². The molecule has 0 aliphatic heterocycles. The SMILES string of the molecule is Cc1cc(Cl)ccc1C(C/C(=N\O)c1ccc(=O)[nH]c1C)c1ccc(-c2ccc(C(=O)O)cc2)cc1. The topological polar surface area (TPSA) is 103 Å². The highest BCUT2D eigenvalue weighted by Gasteiger charge is 2.22. The van der Waals surface area contributed by atoms with Gasteiger partial charge in [-0.2, -0.15) is 0 Å². The maximum Gasteiger partial charge on any atom is 0.335 e. The predicted molar refractivity (Wildman–Crippen MR) is 142 cm³/mol. The van der Waals surface area contributed by atoms with Crippen LogP contribution in [0.25, 0.3) is 11.1 Å². The Morgan fingerprint density at radius 3 is 2.14 bits per heavy atom. The summed E-state index contributed by atoms with van der Waals surface area (Å²) in [6.45, 7) is 3.77. The number of pyridine rings is 1. The average Bonchev–Trinajstić information content (AvgIpc) is 2.86. The summed E-state index contributed by atoms with van der Waals surface area (Å²) < 4.78 is 0. The van der Waals surface area contributed by atoms with Crippen LogP contribution in [0.4, 0.5) is 0 Å². The van der Waals surface area contributed by atoms with Crippen molar-refractivity contribution in [1.29, 1.82) is 0 Å². The fourth-order valence-electron chi connectivity index (χ4n) is 4.44. The minimum absolute atomic E-state index is 0.150. The summed E-state index contributed by atoms with van der Waals surface area (Å²) in [5, 5.41) is 23.3. The Morgan fingerprint density at radius 2 is 1.58 bits per heavy atom. The van der Waals surface area contributed by atoms with Crippen molar-refractivity contribution in [2.45, 2.75) is 26.2 Å². The van der Waals surface area contributed by atoms with Crippen molar-refractivity contribution in [3.8, 4) is 11.1 Å². The quantitative estimate of drug-likeness (QED) is 0.155. The highest BCUT2D eigenvalue weighted by atomic mass is 35.5. The number of carboxylic acid groups (broad SMARTS) is 1. The molecule has 0 radical (unpaired) electrons. The van der Waals surface area contributed by atoms with Gasteiger partial charge in [0, 0.05) is 34.7 Å². The lowest BCUT2D eigenvalue weighted by Crippen LogP contribution is -2.16. The zero-order chi connectivity index (χ0) is 25.8. The molecule has 0 aliphatic rings. The molecule has 4 rings (SSSR count). The molecule has 0 fully saturated rings. The monoisotopic (exact) mass is 500 g/mol. The van der Waals surface area contributed by atoms with E-state index in [1.807, 2.05) is 49.4 Å². The first kappa shape index (κ1) is 24.9. The number of aryl methyl sites for hydroxylation is 2. The van der Waals surface area contributed by atoms with Crippen LogP contribution in [0.2, 0.25) is 5.02 Å². The van der Waals surface area contributed by atoms with Crippen molar-refractivity contribution < 1.29 is 15.1 Å². The molecule has 1 aromatic heterocycles. The van der Waals surface area contributed by atoms with Crippen LogP contribution in [0.3, 0.4) is 0 Å².